The van der Waals surface area contributed by atoms with Crippen molar-refractivity contribution in [3.63, 3.8) is 0 Å². The second-order valence-corrected chi connectivity index (χ2v) is 9.38. The van der Waals surface area contributed by atoms with Crippen molar-refractivity contribution in [2.75, 3.05) is 5.32 Å². The minimum Gasteiger partial charge on any atom is -0.314 e. The fraction of sp³-hybridized carbons (Fsp3) is 0.471. The van der Waals surface area contributed by atoms with Crippen molar-refractivity contribution in [2.24, 2.45) is 0 Å². The molecular formula is C17H21F2N5O3S. The molecule has 0 radical (unpaired) electrons. The first kappa shape index (κ1) is 20.2. The van der Waals surface area contributed by atoms with Crippen LogP contribution in [-0.4, -0.2) is 45.4 Å². The summed E-state index contributed by atoms with van der Waals surface area (Å²) in [5.74, 6) is 0. The molecule has 2 aromatic heterocycles. The molecule has 1 N–H and O–H groups in total. The van der Waals surface area contributed by atoms with Gasteiger partial charge in [0.15, 0.2) is 9.84 Å². The summed E-state index contributed by atoms with van der Waals surface area (Å²) in [6.07, 6.45) is -0.237. The number of sulfone groups is 1. The molecule has 2 aromatic rings. The number of rotatable bonds is 4. The van der Waals surface area contributed by atoms with E-state index in [9.17, 15) is 22.0 Å². The van der Waals surface area contributed by atoms with Crippen LogP contribution in [0.15, 0.2) is 29.4 Å². The number of amides is 2. The number of anilines is 1. The standard InChI is InChI=1S/C17H21F2N5O3S/c1-10(2)28(26,27)15-7-21-24-8-11(3)23(9-14(15)24)17(25)22-12-4-5-20-13(6-12)16(18)19/h4-7,10-11,16H,8-9H2,1-3H3,(H,20,22,25)/t11-/m0/s1. The third-order valence-electron chi connectivity index (χ3n) is 4.64. The number of alkyl halides is 2. The molecule has 1 aliphatic heterocycles. The number of urea groups is 1. The van der Waals surface area contributed by atoms with Gasteiger partial charge in [-0.2, -0.15) is 5.10 Å². The van der Waals surface area contributed by atoms with Crippen LogP contribution in [0.5, 0.6) is 0 Å². The van der Waals surface area contributed by atoms with Crippen molar-refractivity contribution >= 4 is 21.6 Å². The molecule has 8 nitrogen and oxygen atoms in total. The maximum Gasteiger partial charge on any atom is 0.322 e. The summed E-state index contributed by atoms with van der Waals surface area (Å²) in [4.78, 5) is 17.8. The molecule has 152 valence electrons. The summed E-state index contributed by atoms with van der Waals surface area (Å²) in [7, 11) is -3.55. The van der Waals surface area contributed by atoms with Crippen LogP contribution in [0.2, 0.25) is 0 Å². The van der Waals surface area contributed by atoms with E-state index in [-0.39, 0.29) is 23.2 Å². The number of nitrogens with zero attached hydrogens (tertiary/aromatic N) is 4. The first-order valence-corrected chi connectivity index (χ1v) is 10.3. The molecule has 0 spiro atoms. The van der Waals surface area contributed by atoms with Gasteiger partial charge < -0.3 is 10.2 Å². The van der Waals surface area contributed by atoms with Gasteiger partial charge in [-0.3, -0.25) is 9.67 Å². The Hall–Kier alpha value is -2.56. The van der Waals surface area contributed by atoms with Crippen LogP contribution in [0.3, 0.4) is 0 Å². The van der Waals surface area contributed by atoms with Gasteiger partial charge in [0.05, 0.1) is 36.3 Å². The zero-order chi connectivity index (χ0) is 20.6. The molecule has 0 fully saturated rings. The molecule has 0 aromatic carbocycles. The highest BCUT2D eigenvalue weighted by Gasteiger charge is 2.34. The predicted octanol–water partition coefficient (Wildman–Crippen LogP) is 2.83. The Bertz CT molecular complexity index is 990. The second kappa shape index (κ2) is 7.46. The number of hydrogen-bond donors (Lipinski definition) is 1. The lowest BCUT2D eigenvalue weighted by atomic mass is 10.2. The Morgan fingerprint density at radius 3 is 2.71 bits per heavy atom. The Balaban J connectivity index is 1.85. The molecule has 11 heteroatoms. The fourth-order valence-electron chi connectivity index (χ4n) is 2.98. The first-order valence-electron chi connectivity index (χ1n) is 8.71. The molecule has 0 saturated carbocycles. The topological polar surface area (TPSA) is 97.2 Å². The van der Waals surface area contributed by atoms with Crippen LogP contribution in [0.4, 0.5) is 19.3 Å². The minimum atomic E-state index is -3.55. The second-order valence-electron chi connectivity index (χ2n) is 6.91. The maximum absolute atomic E-state index is 12.8. The highest BCUT2D eigenvalue weighted by molar-refractivity contribution is 7.92. The molecule has 0 unspecified atom stereocenters. The molecule has 1 aliphatic rings. The summed E-state index contributed by atoms with van der Waals surface area (Å²) in [5.41, 5.74) is 0.189. The number of nitrogens with one attached hydrogen (secondary N) is 1. The van der Waals surface area contributed by atoms with E-state index in [1.54, 1.807) is 25.5 Å². The summed E-state index contributed by atoms with van der Waals surface area (Å²) in [5, 5.41) is 6.11. The molecule has 2 amide bonds. The van der Waals surface area contributed by atoms with Gasteiger partial charge in [-0.25, -0.2) is 22.0 Å². The largest absolute Gasteiger partial charge is 0.322 e. The molecule has 0 bridgehead atoms. The van der Waals surface area contributed by atoms with E-state index < -0.39 is 33.2 Å². The summed E-state index contributed by atoms with van der Waals surface area (Å²) in [6.45, 7) is 5.34. The quantitative estimate of drug-likeness (QED) is 0.831. The van der Waals surface area contributed by atoms with E-state index in [0.717, 1.165) is 6.07 Å². The SMILES string of the molecule is CC(C)S(=O)(=O)c1cnn2c1CN(C(=O)Nc1ccnc(C(F)F)c1)[C@@H](C)C2. The van der Waals surface area contributed by atoms with Crippen molar-refractivity contribution in [3.05, 3.63) is 35.9 Å². The fourth-order valence-corrected chi connectivity index (χ4v) is 4.18. The number of hydrogen-bond acceptors (Lipinski definition) is 5. The Morgan fingerprint density at radius 2 is 2.07 bits per heavy atom. The van der Waals surface area contributed by atoms with E-state index >= 15 is 0 Å². The molecule has 0 saturated heterocycles. The average molecular weight is 413 g/mol. The number of fused-ring (bicyclic) bond motifs is 1. The Labute approximate surface area is 161 Å². The van der Waals surface area contributed by atoms with Crippen LogP contribution >= 0.6 is 0 Å². The van der Waals surface area contributed by atoms with Crippen molar-refractivity contribution in [2.45, 2.75) is 56.5 Å². The Kier molecular flexibility index (Phi) is 5.37. The molecule has 0 aliphatic carbocycles. The van der Waals surface area contributed by atoms with E-state index in [2.05, 4.69) is 15.4 Å². The molecule has 1 atom stereocenters. The third kappa shape index (κ3) is 3.71. The lowest BCUT2D eigenvalue weighted by molar-refractivity contribution is 0.146. The highest BCUT2D eigenvalue weighted by Crippen LogP contribution is 2.27. The van der Waals surface area contributed by atoms with Crippen LogP contribution in [0, 0.1) is 0 Å². The Morgan fingerprint density at radius 1 is 1.36 bits per heavy atom. The zero-order valence-corrected chi connectivity index (χ0v) is 16.4. The van der Waals surface area contributed by atoms with Gasteiger partial charge in [-0.1, -0.05) is 0 Å². The molecular weight excluding hydrogens is 392 g/mol. The number of carbonyl (C=O) groups is 1. The lowest BCUT2D eigenvalue weighted by Gasteiger charge is -2.34. The first-order chi connectivity index (χ1) is 13.1. The van der Waals surface area contributed by atoms with E-state index in [0.29, 0.717) is 12.2 Å². The highest BCUT2D eigenvalue weighted by atomic mass is 32.2. The molecule has 3 heterocycles. The zero-order valence-electron chi connectivity index (χ0n) is 15.6. The minimum absolute atomic E-state index is 0.0427. The molecule has 28 heavy (non-hydrogen) atoms. The van der Waals surface area contributed by atoms with E-state index in [4.69, 9.17) is 0 Å². The van der Waals surface area contributed by atoms with Crippen LogP contribution < -0.4 is 5.32 Å². The number of aromatic nitrogens is 3. The number of pyridine rings is 1. The third-order valence-corrected chi connectivity index (χ3v) is 6.84. The van der Waals surface area contributed by atoms with Gasteiger partial charge in [0, 0.05) is 11.9 Å². The van der Waals surface area contributed by atoms with E-state index in [1.165, 1.54) is 23.4 Å². The summed E-state index contributed by atoms with van der Waals surface area (Å²) >= 11 is 0. The van der Waals surface area contributed by atoms with Gasteiger partial charge in [0.2, 0.25) is 0 Å². The van der Waals surface area contributed by atoms with Gasteiger partial charge in [-0.05, 0) is 32.9 Å². The van der Waals surface area contributed by atoms with Crippen molar-refractivity contribution in [1.29, 1.82) is 0 Å². The predicted molar refractivity (Wildman–Crippen MR) is 97.8 cm³/mol. The van der Waals surface area contributed by atoms with Crippen molar-refractivity contribution in [1.82, 2.24) is 19.7 Å². The van der Waals surface area contributed by atoms with Crippen LogP contribution in [-0.2, 0) is 22.9 Å². The van der Waals surface area contributed by atoms with Gasteiger partial charge in [-0.15, -0.1) is 0 Å². The van der Waals surface area contributed by atoms with Crippen LogP contribution in [0.25, 0.3) is 0 Å². The van der Waals surface area contributed by atoms with Crippen molar-refractivity contribution in [3.8, 4) is 0 Å². The summed E-state index contributed by atoms with van der Waals surface area (Å²) < 4.78 is 52.3. The normalized spacial score (nSPS) is 17.1. The lowest BCUT2D eigenvalue weighted by Crippen LogP contribution is -2.47. The van der Waals surface area contributed by atoms with Gasteiger partial charge in [0.1, 0.15) is 10.6 Å². The number of halogens is 2. The number of carbonyl (C=O) groups excluding carboxylic acids is 1. The van der Waals surface area contributed by atoms with Gasteiger partial charge >= 0.3 is 6.03 Å². The smallest absolute Gasteiger partial charge is 0.314 e. The molecule has 3 rings (SSSR count). The van der Waals surface area contributed by atoms with Gasteiger partial charge in [0.25, 0.3) is 6.43 Å². The maximum atomic E-state index is 12.8. The average Bonchev–Trinajstić information content (AvgIpc) is 3.04. The summed E-state index contributed by atoms with van der Waals surface area (Å²) in [6, 6.07) is 1.74. The monoisotopic (exact) mass is 413 g/mol. The van der Waals surface area contributed by atoms with E-state index in [1.807, 2.05) is 0 Å². The van der Waals surface area contributed by atoms with Crippen molar-refractivity contribution < 1.29 is 22.0 Å². The van der Waals surface area contributed by atoms with Crippen LogP contribution in [0.1, 0.15) is 38.6 Å².